The molecule has 5 rings (SSSR count). The minimum absolute atomic E-state index is 0.0972. The molecule has 2 N–H and O–H groups in total. The number of anilines is 1. The van der Waals surface area contributed by atoms with Gasteiger partial charge in [-0.25, -0.2) is 4.98 Å². The van der Waals surface area contributed by atoms with Gasteiger partial charge in [0.05, 0.1) is 25.0 Å². The van der Waals surface area contributed by atoms with Gasteiger partial charge in [-0.2, -0.15) is 4.98 Å². The number of hydrogen-bond donors (Lipinski definition) is 1. The summed E-state index contributed by atoms with van der Waals surface area (Å²) in [5.74, 6) is 0.746. The summed E-state index contributed by atoms with van der Waals surface area (Å²) in [5.41, 5.74) is 8.81. The van der Waals surface area contributed by atoms with Gasteiger partial charge in [0.15, 0.2) is 11.2 Å². The Balaban J connectivity index is 1.63. The van der Waals surface area contributed by atoms with Crippen molar-refractivity contribution in [3.63, 3.8) is 0 Å². The number of rotatable bonds is 5. The molecule has 1 aliphatic heterocycles. The number of piperidine rings is 1. The van der Waals surface area contributed by atoms with Gasteiger partial charge < -0.3 is 10.6 Å². The zero-order valence-corrected chi connectivity index (χ0v) is 17.1. The summed E-state index contributed by atoms with van der Waals surface area (Å²) >= 11 is 0. The number of fused-ring (bicyclic) bond motifs is 1. The molecule has 9 heteroatoms. The summed E-state index contributed by atoms with van der Waals surface area (Å²) in [6.45, 7) is 2.41. The minimum atomic E-state index is -0.147. The van der Waals surface area contributed by atoms with Crippen molar-refractivity contribution in [3.8, 4) is 0 Å². The third kappa shape index (κ3) is 3.91. The van der Waals surface area contributed by atoms with Crippen molar-refractivity contribution in [3.05, 3.63) is 76.9 Å². The molecule has 1 unspecified atom stereocenters. The van der Waals surface area contributed by atoms with E-state index in [-0.39, 0.29) is 11.6 Å². The van der Waals surface area contributed by atoms with Crippen LogP contribution >= 0.6 is 0 Å². The third-order valence-corrected chi connectivity index (χ3v) is 5.59. The molecule has 3 aromatic heterocycles. The summed E-state index contributed by atoms with van der Waals surface area (Å²) in [6, 6.07) is 10.2. The monoisotopic (exact) mass is 416 g/mol. The van der Waals surface area contributed by atoms with E-state index in [4.69, 9.17) is 10.7 Å². The van der Waals surface area contributed by atoms with Gasteiger partial charge >= 0.3 is 0 Å². The van der Waals surface area contributed by atoms with Crippen molar-refractivity contribution in [1.82, 2.24) is 29.1 Å². The molecule has 0 bridgehead atoms. The first-order valence-electron chi connectivity index (χ1n) is 10.4. The summed E-state index contributed by atoms with van der Waals surface area (Å²) in [4.78, 5) is 33.3. The Labute approximate surface area is 179 Å². The lowest BCUT2D eigenvalue weighted by Crippen LogP contribution is -2.44. The standard InChI is InChI=1S/C22H24N8O/c23-17-7-4-10-28(13-17)22-27-20-19(30(22)12-16-5-2-1-3-6-16)21(31)29(15-26-20)14-18-11-24-8-9-25-18/h1-3,5-6,8-9,11,15,17H,4,7,10,12-14,23H2. The van der Waals surface area contributed by atoms with Crippen LogP contribution in [0.2, 0.25) is 0 Å². The maximum absolute atomic E-state index is 13.5. The normalized spacial score (nSPS) is 16.7. The summed E-state index contributed by atoms with van der Waals surface area (Å²) < 4.78 is 3.53. The summed E-state index contributed by atoms with van der Waals surface area (Å²) in [7, 11) is 0. The molecular weight excluding hydrogens is 392 g/mol. The number of hydrogen-bond acceptors (Lipinski definition) is 7. The number of nitrogens with zero attached hydrogens (tertiary/aromatic N) is 7. The van der Waals surface area contributed by atoms with Crippen LogP contribution in [0.1, 0.15) is 24.1 Å². The smallest absolute Gasteiger partial charge is 0.280 e. The zero-order chi connectivity index (χ0) is 21.2. The number of benzene rings is 1. The van der Waals surface area contributed by atoms with Crippen LogP contribution in [-0.2, 0) is 13.1 Å². The number of aromatic nitrogens is 6. The summed E-state index contributed by atoms with van der Waals surface area (Å²) in [6.07, 6.45) is 8.41. The SMILES string of the molecule is NC1CCCN(c2nc3ncn(Cc4cnccn4)c(=O)c3n2Cc2ccccc2)C1. The van der Waals surface area contributed by atoms with E-state index in [1.165, 1.54) is 6.33 Å². The molecule has 4 aromatic rings. The van der Waals surface area contributed by atoms with Crippen molar-refractivity contribution in [1.29, 1.82) is 0 Å². The molecule has 1 saturated heterocycles. The van der Waals surface area contributed by atoms with E-state index < -0.39 is 0 Å². The average molecular weight is 416 g/mol. The zero-order valence-electron chi connectivity index (χ0n) is 17.1. The van der Waals surface area contributed by atoms with Gasteiger partial charge in [-0.05, 0) is 18.4 Å². The highest BCUT2D eigenvalue weighted by Gasteiger charge is 2.25. The van der Waals surface area contributed by atoms with E-state index in [0.29, 0.717) is 36.5 Å². The molecule has 0 amide bonds. The maximum atomic E-state index is 13.5. The fraction of sp³-hybridized carbons (Fsp3) is 0.318. The Kier molecular flexibility index (Phi) is 5.17. The molecule has 31 heavy (non-hydrogen) atoms. The van der Waals surface area contributed by atoms with Crippen molar-refractivity contribution < 1.29 is 0 Å². The van der Waals surface area contributed by atoms with Crippen LogP contribution in [-0.4, -0.2) is 48.2 Å². The lowest BCUT2D eigenvalue weighted by molar-refractivity contribution is 0.495. The third-order valence-electron chi connectivity index (χ3n) is 5.59. The molecule has 1 aromatic carbocycles. The van der Waals surface area contributed by atoms with Crippen molar-refractivity contribution in [2.45, 2.75) is 32.0 Å². The Morgan fingerprint density at radius 3 is 2.74 bits per heavy atom. The van der Waals surface area contributed by atoms with Crippen LogP contribution in [0.4, 0.5) is 5.95 Å². The molecule has 0 radical (unpaired) electrons. The van der Waals surface area contributed by atoms with E-state index in [1.807, 2.05) is 34.9 Å². The fourth-order valence-corrected chi connectivity index (χ4v) is 4.09. The molecule has 1 aliphatic rings. The molecule has 0 saturated carbocycles. The van der Waals surface area contributed by atoms with Crippen molar-refractivity contribution >= 4 is 17.1 Å². The van der Waals surface area contributed by atoms with E-state index in [2.05, 4.69) is 19.9 Å². The van der Waals surface area contributed by atoms with Gasteiger partial charge in [0.1, 0.15) is 6.33 Å². The highest BCUT2D eigenvalue weighted by molar-refractivity contribution is 5.74. The van der Waals surface area contributed by atoms with Gasteiger partial charge in [0.25, 0.3) is 5.56 Å². The molecular formula is C22H24N8O. The quantitative estimate of drug-likeness (QED) is 0.524. The lowest BCUT2D eigenvalue weighted by Gasteiger charge is -2.31. The molecule has 1 fully saturated rings. The Morgan fingerprint density at radius 2 is 1.97 bits per heavy atom. The second-order valence-corrected chi connectivity index (χ2v) is 7.88. The fourth-order valence-electron chi connectivity index (χ4n) is 4.09. The second kappa shape index (κ2) is 8.27. The predicted octanol–water partition coefficient (Wildman–Crippen LogP) is 1.41. The van der Waals surface area contributed by atoms with Crippen LogP contribution in [0.5, 0.6) is 0 Å². The topological polar surface area (TPSA) is 108 Å². The lowest BCUT2D eigenvalue weighted by atomic mass is 10.1. The van der Waals surface area contributed by atoms with Crippen LogP contribution in [0.15, 0.2) is 60.0 Å². The van der Waals surface area contributed by atoms with Gasteiger partial charge in [-0.15, -0.1) is 0 Å². The largest absolute Gasteiger partial charge is 0.341 e. The first-order chi connectivity index (χ1) is 15.2. The van der Waals surface area contributed by atoms with Crippen LogP contribution < -0.4 is 16.2 Å². The summed E-state index contributed by atoms with van der Waals surface area (Å²) in [5, 5.41) is 0. The second-order valence-electron chi connectivity index (χ2n) is 7.88. The van der Waals surface area contributed by atoms with Crippen LogP contribution in [0, 0.1) is 0 Å². The van der Waals surface area contributed by atoms with Gasteiger partial charge in [0, 0.05) is 31.5 Å². The molecule has 158 valence electrons. The molecule has 1 atom stereocenters. The van der Waals surface area contributed by atoms with E-state index in [0.717, 1.165) is 30.9 Å². The average Bonchev–Trinajstić information content (AvgIpc) is 3.16. The Hall–Kier alpha value is -3.59. The molecule has 0 spiro atoms. The minimum Gasteiger partial charge on any atom is -0.341 e. The molecule has 9 nitrogen and oxygen atoms in total. The van der Waals surface area contributed by atoms with E-state index >= 15 is 0 Å². The first kappa shape index (κ1) is 19.4. The number of nitrogens with two attached hydrogens (primary N) is 1. The highest BCUT2D eigenvalue weighted by Crippen LogP contribution is 2.24. The maximum Gasteiger partial charge on any atom is 0.280 e. The Morgan fingerprint density at radius 1 is 1.10 bits per heavy atom. The molecule has 0 aliphatic carbocycles. The van der Waals surface area contributed by atoms with E-state index in [9.17, 15) is 4.79 Å². The van der Waals surface area contributed by atoms with Crippen molar-refractivity contribution in [2.24, 2.45) is 5.73 Å². The predicted molar refractivity (Wildman–Crippen MR) is 118 cm³/mol. The van der Waals surface area contributed by atoms with Crippen molar-refractivity contribution in [2.75, 3.05) is 18.0 Å². The van der Waals surface area contributed by atoms with Crippen LogP contribution in [0.25, 0.3) is 11.2 Å². The van der Waals surface area contributed by atoms with Gasteiger partial charge in [-0.1, -0.05) is 30.3 Å². The Bertz CT molecular complexity index is 1240. The van der Waals surface area contributed by atoms with Gasteiger partial charge in [-0.3, -0.25) is 23.9 Å². The highest BCUT2D eigenvalue weighted by atomic mass is 16.1. The first-order valence-corrected chi connectivity index (χ1v) is 10.4. The van der Waals surface area contributed by atoms with Crippen LogP contribution in [0.3, 0.4) is 0 Å². The van der Waals surface area contributed by atoms with Gasteiger partial charge in [0.2, 0.25) is 5.95 Å². The number of imidazole rings is 1. The molecule has 4 heterocycles. The van der Waals surface area contributed by atoms with E-state index in [1.54, 1.807) is 23.2 Å².